The second-order valence-electron chi connectivity index (χ2n) is 6.63. The van der Waals surface area contributed by atoms with Crippen molar-refractivity contribution in [3.05, 3.63) is 59.6 Å². The van der Waals surface area contributed by atoms with Gasteiger partial charge in [-0.25, -0.2) is 9.97 Å². The number of carbonyl (C=O) groups excluding carboxylic acids is 1. The summed E-state index contributed by atoms with van der Waals surface area (Å²) in [5.74, 6) is -0.128. The van der Waals surface area contributed by atoms with Crippen molar-refractivity contribution >= 4 is 28.3 Å². The molecule has 4 rings (SSSR count). The molecule has 138 valence electrons. The number of carbonyl (C=O) groups is 1. The molecule has 1 aromatic carbocycles. The molecule has 2 aromatic heterocycles. The molecule has 7 heteroatoms. The summed E-state index contributed by atoms with van der Waals surface area (Å²) >= 11 is 5.78. The standard InChI is InChI=1S/C20H19ClN4O2/c21-14-11-23-20(24-12-14)27-16-7-5-15(6-8-16)25-19(26)18-17-4-2-1-3-13(17)9-10-22-18/h1-4,9-12,15-16H,5-8H2,(H,25,26). The Bertz CT molecular complexity index is 935. The lowest BCUT2D eigenvalue weighted by Gasteiger charge is -2.28. The molecule has 1 aliphatic carbocycles. The predicted molar refractivity (Wildman–Crippen MR) is 103 cm³/mol. The largest absolute Gasteiger partial charge is 0.460 e. The molecular weight excluding hydrogens is 364 g/mol. The highest BCUT2D eigenvalue weighted by Gasteiger charge is 2.25. The molecule has 0 radical (unpaired) electrons. The van der Waals surface area contributed by atoms with E-state index in [-0.39, 0.29) is 18.1 Å². The summed E-state index contributed by atoms with van der Waals surface area (Å²) in [6, 6.07) is 10.1. The van der Waals surface area contributed by atoms with Crippen LogP contribution in [0, 0.1) is 0 Å². The molecule has 0 spiro atoms. The minimum atomic E-state index is -0.128. The van der Waals surface area contributed by atoms with Crippen LogP contribution >= 0.6 is 11.6 Å². The molecule has 1 amide bonds. The maximum Gasteiger partial charge on any atom is 0.316 e. The second-order valence-corrected chi connectivity index (χ2v) is 7.07. The van der Waals surface area contributed by atoms with Crippen LogP contribution in [0.2, 0.25) is 5.02 Å². The highest BCUT2D eigenvalue weighted by atomic mass is 35.5. The molecule has 3 aromatic rings. The zero-order chi connectivity index (χ0) is 18.6. The molecule has 2 heterocycles. The SMILES string of the molecule is O=C(NC1CCC(Oc2ncc(Cl)cn2)CC1)c1nccc2ccccc12. The number of hydrogen-bond acceptors (Lipinski definition) is 5. The fourth-order valence-corrected chi connectivity index (χ4v) is 3.49. The number of nitrogens with one attached hydrogen (secondary N) is 1. The van der Waals surface area contributed by atoms with E-state index in [9.17, 15) is 4.79 Å². The van der Waals surface area contributed by atoms with Crippen LogP contribution in [0.5, 0.6) is 6.01 Å². The molecule has 0 bridgehead atoms. The van der Waals surface area contributed by atoms with E-state index in [4.69, 9.17) is 16.3 Å². The fourth-order valence-electron chi connectivity index (χ4n) is 3.39. The van der Waals surface area contributed by atoms with Crippen LogP contribution in [0.4, 0.5) is 0 Å². The highest BCUT2D eigenvalue weighted by Crippen LogP contribution is 2.23. The smallest absolute Gasteiger partial charge is 0.316 e. The quantitative estimate of drug-likeness (QED) is 0.742. The zero-order valence-electron chi connectivity index (χ0n) is 14.6. The second kappa shape index (κ2) is 7.88. The van der Waals surface area contributed by atoms with Gasteiger partial charge in [-0.05, 0) is 37.1 Å². The van der Waals surface area contributed by atoms with E-state index in [0.29, 0.717) is 16.7 Å². The first-order valence-corrected chi connectivity index (χ1v) is 9.35. The summed E-state index contributed by atoms with van der Waals surface area (Å²) in [5, 5.41) is 5.48. The van der Waals surface area contributed by atoms with E-state index >= 15 is 0 Å². The van der Waals surface area contributed by atoms with Gasteiger partial charge in [-0.1, -0.05) is 35.9 Å². The fraction of sp³-hybridized carbons (Fsp3) is 0.300. The Morgan fingerprint density at radius 2 is 1.78 bits per heavy atom. The van der Waals surface area contributed by atoms with E-state index in [1.54, 1.807) is 6.20 Å². The van der Waals surface area contributed by atoms with Crippen LogP contribution in [0.3, 0.4) is 0 Å². The van der Waals surface area contributed by atoms with Gasteiger partial charge in [-0.3, -0.25) is 9.78 Å². The molecule has 1 aliphatic rings. The van der Waals surface area contributed by atoms with Crippen LogP contribution in [-0.2, 0) is 0 Å². The third-order valence-electron chi connectivity index (χ3n) is 4.77. The number of benzene rings is 1. The van der Waals surface area contributed by atoms with Crippen LogP contribution in [0.1, 0.15) is 36.2 Å². The first-order valence-electron chi connectivity index (χ1n) is 8.98. The predicted octanol–water partition coefficient (Wildman–Crippen LogP) is 3.80. The number of rotatable bonds is 4. The maximum atomic E-state index is 12.7. The number of halogens is 1. The number of amides is 1. The summed E-state index contributed by atoms with van der Waals surface area (Å²) in [4.78, 5) is 25.1. The Morgan fingerprint density at radius 1 is 1.04 bits per heavy atom. The number of pyridine rings is 1. The van der Waals surface area contributed by atoms with Crippen LogP contribution < -0.4 is 10.1 Å². The molecule has 0 atom stereocenters. The van der Waals surface area contributed by atoms with Crippen LogP contribution in [-0.4, -0.2) is 33.0 Å². The molecule has 1 saturated carbocycles. The third-order valence-corrected chi connectivity index (χ3v) is 4.96. The molecule has 1 fully saturated rings. The average molecular weight is 383 g/mol. The average Bonchev–Trinajstić information content (AvgIpc) is 2.71. The van der Waals surface area contributed by atoms with E-state index in [2.05, 4.69) is 20.3 Å². The summed E-state index contributed by atoms with van der Waals surface area (Å²) in [6.45, 7) is 0. The number of fused-ring (bicyclic) bond motifs is 1. The van der Waals surface area contributed by atoms with Gasteiger partial charge in [0.1, 0.15) is 11.8 Å². The monoisotopic (exact) mass is 382 g/mol. The Kier molecular flexibility index (Phi) is 5.16. The van der Waals surface area contributed by atoms with Crippen molar-refractivity contribution < 1.29 is 9.53 Å². The van der Waals surface area contributed by atoms with E-state index in [1.807, 2.05) is 30.3 Å². The van der Waals surface area contributed by atoms with Crippen LogP contribution in [0.15, 0.2) is 48.9 Å². The zero-order valence-corrected chi connectivity index (χ0v) is 15.4. The van der Waals surface area contributed by atoms with Crippen molar-refractivity contribution in [2.24, 2.45) is 0 Å². The molecule has 0 aliphatic heterocycles. The number of hydrogen-bond donors (Lipinski definition) is 1. The van der Waals surface area contributed by atoms with Crippen molar-refractivity contribution in [2.45, 2.75) is 37.8 Å². The van der Waals surface area contributed by atoms with Crippen molar-refractivity contribution in [1.29, 1.82) is 0 Å². The molecule has 6 nitrogen and oxygen atoms in total. The van der Waals surface area contributed by atoms with E-state index in [0.717, 1.165) is 36.5 Å². The molecule has 0 saturated heterocycles. The number of aromatic nitrogens is 3. The van der Waals surface area contributed by atoms with Gasteiger partial charge in [-0.15, -0.1) is 0 Å². The number of nitrogens with zero attached hydrogens (tertiary/aromatic N) is 3. The van der Waals surface area contributed by atoms with Gasteiger partial charge in [0.15, 0.2) is 0 Å². The topological polar surface area (TPSA) is 77.0 Å². The van der Waals surface area contributed by atoms with Crippen molar-refractivity contribution in [2.75, 3.05) is 0 Å². The van der Waals surface area contributed by atoms with Gasteiger partial charge in [0.25, 0.3) is 5.91 Å². The molecule has 1 N–H and O–H groups in total. The van der Waals surface area contributed by atoms with Gasteiger partial charge in [0.05, 0.1) is 17.4 Å². The van der Waals surface area contributed by atoms with Crippen LogP contribution in [0.25, 0.3) is 10.8 Å². The normalized spacial score (nSPS) is 19.6. The Labute approximate surface area is 162 Å². The lowest BCUT2D eigenvalue weighted by molar-refractivity contribution is 0.0882. The summed E-state index contributed by atoms with van der Waals surface area (Å²) in [6.07, 6.45) is 8.12. The highest BCUT2D eigenvalue weighted by molar-refractivity contribution is 6.30. The maximum absolute atomic E-state index is 12.7. The van der Waals surface area contributed by atoms with Gasteiger partial charge in [0.2, 0.25) is 0 Å². The lowest BCUT2D eigenvalue weighted by Crippen LogP contribution is -2.40. The summed E-state index contributed by atoms with van der Waals surface area (Å²) < 4.78 is 5.80. The summed E-state index contributed by atoms with van der Waals surface area (Å²) in [7, 11) is 0. The number of ether oxygens (including phenoxy) is 1. The molecule has 27 heavy (non-hydrogen) atoms. The Balaban J connectivity index is 1.34. The van der Waals surface area contributed by atoms with E-state index < -0.39 is 0 Å². The van der Waals surface area contributed by atoms with Gasteiger partial charge >= 0.3 is 6.01 Å². The van der Waals surface area contributed by atoms with Gasteiger partial charge in [-0.2, -0.15) is 0 Å². The molecule has 0 unspecified atom stereocenters. The van der Waals surface area contributed by atoms with Gasteiger partial charge in [0, 0.05) is 17.6 Å². The summed E-state index contributed by atoms with van der Waals surface area (Å²) in [5.41, 5.74) is 0.473. The lowest BCUT2D eigenvalue weighted by atomic mass is 9.93. The Morgan fingerprint density at radius 3 is 2.56 bits per heavy atom. The van der Waals surface area contributed by atoms with Crippen molar-refractivity contribution in [1.82, 2.24) is 20.3 Å². The van der Waals surface area contributed by atoms with Crippen molar-refractivity contribution in [3.8, 4) is 6.01 Å². The van der Waals surface area contributed by atoms with Crippen molar-refractivity contribution in [3.63, 3.8) is 0 Å². The van der Waals surface area contributed by atoms with E-state index in [1.165, 1.54) is 12.4 Å². The van der Waals surface area contributed by atoms with Gasteiger partial charge < -0.3 is 10.1 Å². The first-order chi connectivity index (χ1) is 13.2. The molecular formula is C20H19ClN4O2. The minimum absolute atomic E-state index is 0.0509. The minimum Gasteiger partial charge on any atom is -0.460 e. The Hall–Kier alpha value is -2.73. The third kappa shape index (κ3) is 4.17. The first kappa shape index (κ1) is 17.7.